The number of aliphatic hydroxyl groups is 2. The Kier molecular flexibility index (Phi) is 9.92. The summed E-state index contributed by atoms with van der Waals surface area (Å²) in [6.45, 7) is 0.761. The Bertz CT molecular complexity index is 409. The zero-order valence-electron chi connectivity index (χ0n) is 16.1. The summed E-state index contributed by atoms with van der Waals surface area (Å²) in [6.07, 6.45) is 10.8. The van der Waals surface area contributed by atoms with Crippen LogP contribution in [0.15, 0.2) is 0 Å². The normalized spacial score (nSPS) is 28.1. The number of rotatable bonds is 13. The second kappa shape index (κ2) is 11.9. The zero-order chi connectivity index (χ0) is 18.7. The predicted octanol–water partition coefficient (Wildman–Crippen LogP) is 2.22. The molecule has 26 heavy (non-hydrogen) atoms. The third-order valence-corrected chi connectivity index (χ3v) is 4.88. The van der Waals surface area contributed by atoms with E-state index >= 15 is 0 Å². The van der Waals surface area contributed by atoms with Crippen molar-refractivity contribution in [2.24, 2.45) is 0 Å². The second-order valence-electron chi connectivity index (χ2n) is 7.28. The van der Waals surface area contributed by atoms with Crippen molar-refractivity contribution in [1.82, 2.24) is 0 Å². The van der Waals surface area contributed by atoms with E-state index in [1.165, 1.54) is 44.9 Å². The minimum Gasteiger partial charge on any atom is -0.599 e. The topological polar surface area (TPSA) is 87.0 Å². The zero-order valence-corrected chi connectivity index (χ0v) is 16.1. The summed E-state index contributed by atoms with van der Waals surface area (Å²) < 4.78 is 26.1. The molecule has 3 unspecified atom stereocenters. The highest BCUT2D eigenvalue weighted by molar-refractivity contribution is 6.53. The summed E-state index contributed by atoms with van der Waals surface area (Å²) in [5.41, 5.74) is 0. The van der Waals surface area contributed by atoms with Gasteiger partial charge in [-0.05, 0) is 6.42 Å². The number of aliphatic hydroxyl groups excluding tert-OH is 1. The van der Waals surface area contributed by atoms with Crippen molar-refractivity contribution in [1.29, 1.82) is 0 Å². The summed E-state index contributed by atoms with van der Waals surface area (Å²) >= 11 is 0. The number of carbonyl (C=O) groups is 1. The van der Waals surface area contributed by atoms with E-state index in [-0.39, 0.29) is 38.0 Å². The fourth-order valence-corrected chi connectivity index (χ4v) is 3.32. The van der Waals surface area contributed by atoms with Gasteiger partial charge in [0, 0.05) is 13.0 Å². The molecule has 0 radical (unpaired) electrons. The lowest BCUT2D eigenvalue weighted by Crippen LogP contribution is -2.44. The number of hydrogen-bond acceptors (Lipinski definition) is 6. The van der Waals surface area contributed by atoms with Gasteiger partial charge in [-0.3, -0.25) is 4.79 Å². The van der Waals surface area contributed by atoms with Crippen molar-refractivity contribution in [3.63, 3.8) is 0 Å². The summed E-state index contributed by atoms with van der Waals surface area (Å²) in [5.74, 6) is -0.192. The maximum atomic E-state index is 11.8. The van der Waals surface area contributed by atoms with Gasteiger partial charge in [-0.1, -0.05) is 58.3 Å². The fourth-order valence-electron chi connectivity index (χ4n) is 3.32. The Hall–Kier alpha value is -0.665. The molecule has 2 aliphatic heterocycles. The third kappa shape index (κ3) is 7.52. The lowest BCUT2D eigenvalue weighted by atomic mass is 10.1. The van der Waals surface area contributed by atoms with Crippen LogP contribution in [0.3, 0.4) is 0 Å². The first-order chi connectivity index (χ1) is 12.7. The van der Waals surface area contributed by atoms with Crippen molar-refractivity contribution in [2.75, 3.05) is 26.4 Å². The van der Waals surface area contributed by atoms with Crippen LogP contribution in [0.1, 0.15) is 71.1 Å². The second-order valence-corrected chi connectivity index (χ2v) is 7.28. The first kappa shape index (κ1) is 21.6. The number of unbranched alkanes of at least 4 members (excludes halogenated alkanes) is 8. The van der Waals surface area contributed by atoms with Gasteiger partial charge in [0.1, 0.15) is 13.2 Å². The molecule has 0 aromatic rings. The van der Waals surface area contributed by atoms with Crippen LogP contribution < -0.4 is 0 Å². The number of esters is 1. The quantitative estimate of drug-likeness (QED) is 0.230. The van der Waals surface area contributed by atoms with Crippen LogP contribution in [-0.4, -0.2) is 61.3 Å². The highest BCUT2D eigenvalue weighted by atomic mass is 16.9. The van der Waals surface area contributed by atoms with Crippen molar-refractivity contribution in [3.8, 4) is 0 Å². The maximum Gasteiger partial charge on any atom is 0.730 e. The Morgan fingerprint density at radius 3 is 2.38 bits per heavy atom. The summed E-state index contributed by atoms with van der Waals surface area (Å²) in [6, 6.07) is 0. The van der Waals surface area contributed by atoms with E-state index in [1.807, 2.05) is 0 Å². The van der Waals surface area contributed by atoms with Gasteiger partial charge >= 0.3 is 12.9 Å². The number of carbonyl (C=O) groups excluding carboxylic acids is 1. The largest absolute Gasteiger partial charge is 0.730 e. The molecule has 2 N–H and O–H groups in total. The SMILES string of the molecule is CCCCCCCCCCCC(=O)OCC1CO[B-]2(OCC(CO)[OH+]2)O1. The molecule has 7 nitrogen and oxygen atoms in total. The van der Waals surface area contributed by atoms with E-state index < -0.39 is 6.96 Å². The van der Waals surface area contributed by atoms with Crippen LogP contribution in [0, 0.1) is 0 Å². The van der Waals surface area contributed by atoms with E-state index in [2.05, 4.69) is 11.6 Å². The van der Waals surface area contributed by atoms with Gasteiger partial charge in [0.25, 0.3) is 0 Å². The Morgan fingerprint density at radius 2 is 1.73 bits per heavy atom. The molecule has 2 aliphatic rings. The van der Waals surface area contributed by atoms with E-state index in [0.29, 0.717) is 13.0 Å². The molecule has 0 aliphatic carbocycles. The summed E-state index contributed by atoms with van der Waals surface area (Å²) in [5, 5.41) is 9.09. The van der Waals surface area contributed by atoms with Gasteiger partial charge in [0.2, 0.25) is 0 Å². The number of hydrogen-bond donors (Lipinski definition) is 1. The molecule has 3 atom stereocenters. The van der Waals surface area contributed by atoms with E-state index in [9.17, 15) is 4.79 Å². The van der Waals surface area contributed by atoms with Crippen molar-refractivity contribution in [2.45, 2.75) is 83.3 Å². The van der Waals surface area contributed by atoms with Crippen LogP contribution in [0.5, 0.6) is 0 Å². The van der Waals surface area contributed by atoms with Crippen LogP contribution in [0.4, 0.5) is 0 Å². The monoisotopic (exact) mass is 374 g/mol. The average Bonchev–Trinajstić information content (AvgIpc) is 3.25. The first-order valence-electron chi connectivity index (χ1n) is 10.2. The molecule has 2 rings (SSSR count). The van der Waals surface area contributed by atoms with Crippen molar-refractivity contribution >= 4 is 12.9 Å². The van der Waals surface area contributed by atoms with Gasteiger partial charge in [-0.2, -0.15) is 0 Å². The molecule has 0 bridgehead atoms. The smallest absolute Gasteiger partial charge is 0.599 e. The molecular formula is C18H35BO7. The van der Waals surface area contributed by atoms with Gasteiger partial charge in [-0.15, -0.1) is 0 Å². The fraction of sp³-hybridized carbons (Fsp3) is 0.944. The van der Waals surface area contributed by atoms with Crippen LogP contribution in [0.25, 0.3) is 0 Å². The maximum absolute atomic E-state index is 11.8. The first-order valence-corrected chi connectivity index (χ1v) is 10.2. The van der Waals surface area contributed by atoms with Crippen LogP contribution in [0.2, 0.25) is 0 Å². The molecule has 0 saturated carbocycles. The molecule has 2 saturated heterocycles. The van der Waals surface area contributed by atoms with Gasteiger partial charge in [0.05, 0.1) is 12.7 Å². The molecule has 8 heteroatoms. The molecule has 0 aromatic carbocycles. The molecule has 2 fully saturated rings. The Morgan fingerprint density at radius 1 is 1.08 bits per heavy atom. The van der Waals surface area contributed by atoms with Crippen LogP contribution >= 0.6 is 0 Å². The van der Waals surface area contributed by atoms with Crippen LogP contribution in [-0.2, 0) is 23.5 Å². The molecule has 0 amide bonds. The molecule has 2 heterocycles. The molecular weight excluding hydrogens is 339 g/mol. The van der Waals surface area contributed by atoms with E-state index in [1.54, 1.807) is 0 Å². The van der Waals surface area contributed by atoms with Crippen molar-refractivity contribution < 1.29 is 33.3 Å². The highest BCUT2D eigenvalue weighted by Gasteiger charge is 2.55. The van der Waals surface area contributed by atoms with Gasteiger partial charge in [0.15, 0.2) is 6.10 Å². The minimum absolute atomic E-state index is 0.0887. The van der Waals surface area contributed by atoms with E-state index in [0.717, 1.165) is 12.8 Å². The lowest BCUT2D eigenvalue weighted by molar-refractivity contribution is -0.146. The number of ether oxygens (including phenoxy) is 1. The highest BCUT2D eigenvalue weighted by Crippen LogP contribution is 2.26. The lowest BCUT2D eigenvalue weighted by Gasteiger charge is -2.22. The summed E-state index contributed by atoms with van der Waals surface area (Å²) in [7, 11) is 0. The Labute approximate surface area is 156 Å². The molecule has 0 aromatic heterocycles. The van der Waals surface area contributed by atoms with Gasteiger partial charge in [-0.25, -0.2) is 0 Å². The van der Waals surface area contributed by atoms with Crippen molar-refractivity contribution in [3.05, 3.63) is 0 Å². The average molecular weight is 374 g/mol. The minimum atomic E-state index is -2.11. The molecule has 1 spiro atoms. The Balaban J connectivity index is 1.45. The predicted molar refractivity (Wildman–Crippen MR) is 98.4 cm³/mol. The third-order valence-electron chi connectivity index (χ3n) is 4.88. The standard InChI is InChI=1S/C18H35BO7/c1-2-3-4-5-6-7-8-9-10-11-18(21)22-13-17-15-24-19(26-17)23-14-16(12-20)25-19/h16-17,20,25H,2-15H2,1H3. The summed E-state index contributed by atoms with van der Waals surface area (Å²) in [4.78, 5) is 11.8. The van der Waals surface area contributed by atoms with E-state index in [4.69, 9.17) is 23.8 Å². The molecule has 152 valence electrons. The van der Waals surface area contributed by atoms with Gasteiger partial charge < -0.3 is 28.5 Å².